The van der Waals surface area contributed by atoms with Gasteiger partial charge in [0.1, 0.15) is 11.6 Å². The van der Waals surface area contributed by atoms with Crippen molar-refractivity contribution < 1.29 is 9.59 Å². The van der Waals surface area contributed by atoms with Crippen LogP contribution in [0, 0.1) is 5.92 Å². The molecule has 0 aliphatic rings. The highest BCUT2D eigenvalue weighted by molar-refractivity contribution is 6.00. The fourth-order valence-corrected chi connectivity index (χ4v) is 2.21. The standard InChI is InChI=1S/C15H23NO2/c1-13(17)15(14(2)18)9-5-3-4-6-10-16-11-7-8-12-16/h7-8,11-12,15H,3-6,9-10H2,1-2H3. The topological polar surface area (TPSA) is 39.1 Å². The number of rotatable bonds is 9. The van der Waals surface area contributed by atoms with Crippen LogP contribution in [-0.2, 0) is 16.1 Å². The van der Waals surface area contributed by atoms with Gasteiger partial charge < -0.3 is 4.57 Å². The molecule has 0 fully saturated rings. The Morgan fingerprint density at radius 2 is 1.50 bits per heavy atom. The number of ketones is 2. The van der Waals surface area contributed by atoms with Crippen LogP contribution < -0.4 is 0 Å². The van der Waals surface area contributed by atoms with Gasteiger partial charge in [-0.1, -0.05) is 19.3 Å². The van der Waals surface area contributed by atoms with Crippen molar-refractivity contribution in [1.82, 2.24) is 4.57 Å². The number of hydrogen-bond acceptors (Lipinski definition) is 2. The van der Waals surface area contributed by atoms with Crippen molar-refractivity contribution in [2.45, 2.75) is 52.5 Å². The minimum Gasteiger partial charge on any atom is -0.354 e. The van der Waals surface area contributed by atoms with Crippen LogP contribution in [0.3, 0.4) is 0 Å². The van der Waals surface area contributed by atoms with Gasteiger partial charge in [0, 0.05) is 18.9 Å². The summed E-state index contributed by atoms with van der Waals surface area (Å²) in [4.78, 5) is 22.5. The third-order valence-electron chi connectivity index (χ3n) is 3.31. The van der Waals surface area contributed by atoms with Gasteiger partial charge in [0.25, 0.3) is 0 Å². The van der Waals surface area contributed by atoms with E-state index in [9.17, 15) is 9.59 Å². The second-order valence-corrected chi connectivity index (χ2v) is 4.90. The van der Waals surface area contributed by atoms with Crippen LogP contribution >= 0.6 is 0 Å². The number of unbranched alkanes of at least 4 members (excludes halogenated alkanes) is 3. The van der Waals surface area contributed by atoms with Crippen molar-refractivity contribution in [3.63, 3.8) is 0 Å². The van der Waals surface area contributed by atoms with E-state index < -0.39 is 0 Å². The van der Waals surface area contributed by atoms with Crippen molar-refractivity contribution in [2.24, 2.45) is 5.92 Å². The molecule has 1 heterocycles. The van der Waals surface area contributed by atoms with Gasteiger partial charge in [0.2, 0.25) is 0 Å². The molecular formula is C15H23NO2. The predicted molar refractivity (Wildman–Crippen MR) is 72.4 cm³/mol. The Balaban J connectivity index is 2.07. The molecule has 0 saturated heterocycles. The molecule has 3 nitrogen and oxygen atoms in total. The van der Waals surface area contributed by atoms with Crippen LogP contribution in [0.2, 0.25) is 0 Å². The van der Waals surface area contributed by atoms with Gasteiger partial charge in [-0.2, -0.15) is 0 Å². The van der Waals surface area contributed by atoms with E-state index in [0.717, 1.165) is 32.2 Å². The van der Waals surface area contributed by atoms with Crippen LogP contribution in [0.15, 0.2) is 24.5 Å². The molecule has 0 N–H and O–H groups in total. The highest BCUT2D eigenvalue weighted by Gasteiger charge is 2.18. The molecule has 18 heavy (non-hydrogen) atoms. The zero-order valence-corrected chi connectivity index (χ0v) is 11.4. The van der Waals surface area contributed by atoms with Crippen LogP contribution in [0.1, 0.15) is 46.0 Å². The number of hydrogen-bond donors (Lipinski definition) is 0. The van der Waals surface area contributed by atoms with Gasteiger partial charge >= 0.3 is 0 Å². The van der Waals surface area contributed by atoms with E-state index in [1.165, 1.54) is 13.8 Å². The lowest BCUT2D eigenvalue weighted by molar-refractivity contribution is -0.130. The molecule has 0 radical (unpaired) electrons. The Hall–Kier alpha value is -1.38. The summed E-state index contributed by atoms with van der Waals surface area (Å²) >= 11 is 0. The van der Waals surface area contributed by atoms with E-state index in [2.05, 4.69) is 17.0 Å². The lowest BCUT2D eigenvalue weighted by Gasteiger charge is -2.09. The monoisotopic (exact) mass is 249 g/mol. The Bertz CT molecular complexity index is 354. The van der Waals surface area contributed by atoms with Gasteiger partial charge in [-0.3, -0.25) is 9.59 Å². The summed E-state index contributed by atoms with van der Waals surface area (Å²) in [6.45, 7) is 4.08. The lowest BCUT2D eigenvalue weighted by Crippen LogP contribution is -2.19. The highest BCUT2D eigenvalue weighted by atomic mass is 16.1. The van der Waals surface area contributed by atoms with Crippen molar-refractivity contribution in [2.75, 3.05) is 0 Å². The first-order valence-corrected chi connectivity index (χ1v) is 6.73. The third-order valence-corrected chi connectivity index (χ3v) is 3.31. The molecule has 100 valence electrons. The number of carbonyl (C=O) groups excluding carboxylic acids is 2. The molecule has 0 bridgehead atoms. The molecule has 0 aliphatic carbocycles. The maximum atomic E-state index is 11.2. The maximum absolute atomic E-state index is 11.2. The molecule has 0 aromatic carbocycles. The van der Waals surface area contributed by atoms with E-state index in [1.807, 2.05) is 12.1 Å². The number of aryl methyl sites for hydroxylation is 1. The summed E-state index contributed by atoms with van der Waals surface area (Å²) in [5.74, 6) is -0.348. The normalized spacial score (nSPS) is 10.8. The van der Waals surface area contributed by atoms with E-state index in [4.69, 9.17) is 0 Å². The van der Waals surface area contributed by atoms with E-state index in [1.54, 1.807) is 0 Å². The van der Waals surface area contributed by atoms with Crippen molar-refractivity contribution >= 4 is 11.6 Å². The number of aromatic nitrogens is 1. The summed E-state index contributed by atoms with van der Waals surface area (Å²) in [7, 11) is 0. The van der Waals surface area contributed by atoms with Gasteiger partial charge in [-0.25, -0.2) is 0 Å². The Kier molecular flexibility index (Phi) is 6.40. The van der Waals surface area contributed by atoms with Crippen molar-refractivity contribution in [1.29, 1.82) is 0 Å². The van der Waals surface area contributed by atoms with Gasteiger partial charge in [0.05, 0.1) is 5.92 Å². The number of carbonyl (C=O) groups is 2. The summed E-state index contributed by atoms with van der Waals surface area (Å²) in [5, 5.41) is 0. The quantitative estimate of drug-likeness (QED) is 0.498. The largest absolute Gasteiger partial charge is 0.354 e. The molecule has 3 heteroatoms. The summed E-state index contributed by atoms with van der Waals surface area (Å²) in [5.41, 5.74) is 0. The third kappa shape index (κ3) is 5.30. The first kappa shape index (κ1) is 14.7. The summed E-state index contributed by atoms with van der Waals surface area (Å²) in [6.07, 6.45) is 9.23. The highest BCUT2D eigenvalue weighted by Crippen LogP contribution is 2.13. The second kappa shape index (κ2) is 7.85. The second-order valence-electron chi connectivity index (χ2n) is 4.90. The molecule has 0 amide bonds. The molecule has 0 atom stereocenters. The van der Waals surface area contributed by atoms with Crippen LogP contribution in [0.5, 0.6) is 0 Å². The zero-order valence-electron chi connectivity index (χ0n) is 11.4. The number of Topliss-reactive ketones (excluding diaryl/α,β-unsaturated/α-hetero) is 2. The molecule has 0 saturated carbocycles. The average molecular weight is 249 g/mol. The van der Waals surface area contributed by atoms with Gasteiger partial charge in [-0.15, -0.1) is 0 Å². The summed E-state index contributed by atoms with van der Waals surface area (Å²) in [6, 6.07) is 4.06. The minimum absolute atomic E-state index is 0.00911. The molecular weight excluding hydrogens is 226 g/mol. The Morgan fingerprint density at radius 3 is 2.06 bits per heavy atom. The fraction of sp³-hybridized carbons (Fsp3) is 0.600. The van der Waals surface area contributed by atoms with Crippen LogP contribution in [-0.4, -0.2) is 16.1 Å². The molecule has 0 aliphatic heterocycles. The predicted octanol–water partition coefficient (Wildman–Crippen LogP) is 3.23. The van der Waals surface area contributed by atoms with Crippen LogP contribution in [0.4, 0.5) is 0 Å². The fourth-order valence-electron chi connectivity index (χ4n) is 2.21. The van der Waals surface area contributed by atoms with Gasteiger partial charge in [-0.05, 0) is 38.8 Å². The van der Waals surface area contributed by atoms with Crippen molar-refractivity contribution in [3.8, 4) is 0 Å². The van der Waals surface area contributed by atoms with E-state index in [-0.39, 0.29) is 17.5 Å². The van der Waals surface area contributed by atoms with E-state index in [0.29, 0.717) is 6.42 Å². The minimum atomic E-state index is -0.366. The molecule has 1 aromatic rings. The first-order valence-electron chi connectivity index (χ1n) is 6.73. The lowest BCUT2D eigenvalue weighted by atomic mass is 9.94. The number of nitrogens with zero attached hydrogens (tertiary/aromatic N) is 1. The van der Waals surface area contributed by atoms with Gasteiger partial charge in [0.15, 0.2) is 0 Å². The maximum Gasteiger partial charge on any atom is 0.140 e. The first-order chi connectivity index (χ1) is 8.61. The average Bonchev–Trinajstić information content (AvgIpc) is 2.79. The Labute approximate surface area is 109 Å². The Morgan fingerprint density at radius 1 is 0.944 bits per heavy atom. The SMILES string of the molecule is CC(=O)C(CCCCCCn1cccc1)C(C)=O. The summed E-state index contributed by atoms with van der Waals surface area (Å²) < 4.78 is 2.17. The van der Waals surface area contributed by atoms with Crippen LogP contribution in [0.25, 0.3) is 0 Å². The molecule has 1 rings (SSSR count). The van der Waals surface area contributed by atoms with Crippen molar-refractivity contribution in [3.05, 3.63) is 24.5 Å². The molecule has 0 unspecified atom stereocenters. The smallest absolute Gasteiger partial charge is 0.140 e. The molecule has 1 aromatic heterocycles. The molecule has 0 spiro atoms. The van der Waals surface area contributed by atoms with E-state index >= 15 is 0 Å². The zero-order chi connectivity index (χ0) is 13.4.